The third kappa shape index (κ3) is 3.71. The van der Waals surface area contributed by atoms with Gasteiger partial charge in [0.25, 0.3) is 0 Å². The average Bonchev–Trinajstić information content (AvgIpc) is 2.15. The van der Waals surface area contributed by atoms with E-state index in [1.165, 1.54) is 6.42 Å². The lowest BCUT2D eigenvalue weighted by molar-refractivity contribution is -0.124. The Morgan fingerprint density at radius 3 is 2.85 bits per heavy atom. The molecule has 1 aliphatic carbocycles. The standard InChI is InChI=1S/C11H18O2/c12-9-5-1-2-6-10-7-3-4-8-11(10)13/h9-10H,1-8H2. The van der Waals surface area contributed by atoms with Crippen molar-refractivity contribution in [3.05, 3.63) is 0 Å². The van der Waals surface area contributed by atoms with Gasteiger partial charge in [0.2, 0.25) is 0 Å². The number of rotatable bonds is 5. The molecule has 1 atom stereocenters. The first-order valence-electron chi connectivity index (χ1n) is 5.31. The number of aldehydes is 1. The average molecular weight is 182 g/mol. The van der Waals surface area contributed by atoms with Crippen LogP contribution in [-0.4, -0.2) is 12.1 Å². The quantitative estimate of drug-likeness (QED) is 0.483. The number of hydrogen-bond donors (Lipinski definition) is 0. The molecule has 0 bridgehead atoms. The molecule has 0 aromatic carbocycles. The first-order valence-corrected chi connectivity index (χ1v) is 5.31. The molecule has 0 radical (unpaired) electrons. The van der Waals surface area contributed by atoms with Crippen molar-refractivity contribution in [2.75, 3.05) is 0 Å². The van der Waals surface area contributed by atoms with Gasteiger partial charge in [0.1, 0.15) is 12.1 Å². The summed E-state index contributed by atoms with van der Waals surface area (Å²) in [6, 6.07) is 0. The van der Waals surface area contributed by atoms with Crippen molar-refractivity contribution in [3.63, 3.8) is 0 Å². The molecule has 0 amide bonds. The van der Waals surface area contributed by atoms with Gasteiger partial charge in [0.15, 0.2) is 0 Å². The van der Waals surface area contributed by atoms with Crippen LogP contribution in [0.2, 0.25) is 0 Å². The molecular formula is C11H18O2. The summed E-state index contributed by atoms with van der Waals surface area (Å²) in [6.45, 7) is 0. The Kier molecular flexibility index (Phi) is 4.73. The highest BCUT2D eigenvalue weighted by Gasteiger charge is 2.20. The zero-order valence-electron chi connectivity index (χ0n) is 8.13. The molecule has 1 saturated carbocycles. The van der Waals surface area contributed by atoms with E-state index in [-0.39, 0.29) is 0 Å². The van der Waals surface area contributed by atoms with Gasteiger partial charge < -0.3 is 4.79 Å². The molecule has 2 heteroatoms. The van der Waals surface area contributed by atoms with Gasteiger partial charge in [-0.2, -0.15) is 0 Å². The lowest BCUT2D eigenvalue weighted by atomic mass is 9.84. The minimum absolute atomic E-state index is 0.320. The van der Waals surface area contributed by atoms with E-state index in [1.54, 1.807) is 0 Å². The molecule has 0 aromatic rings. The smallest absolute Gasteiger partial charge is 0.135 e. The van der Waals surface area contributed by atoms with Crippen LogP contribution in [0.1, 0.15) is 51.4 Å². The number of unbranched alkanes of at least 4 members (excludes halogenated alkanes) is 2. The van der Waals surface area contributed by atoms with Crippen LogP contribution in [0.3, 0.4) is 0 Å². The van der Waals surface area contributed by atoms with E-state index in [9.17, 15) is 9.59 Å². The Labute approximate surface area is 79.7 Å². The van der Waals surface area contributed by atoms with Crippen LogP contribution in [0.5, 0.6) is 0 Å². The Morgan fingerprint density at radius 1 is 1.31 bits per heavy atom. The van der Waals surface area contributed by atoms with E-state index in [0.717, 1.165) is 44.8 Å². The fraction of sp³-hybridized carbons (Fsp3) is 0.818. The molecule has 13 heavy (non-hydrogen) atoms. The predicted molar refractivity (Wildman–Crippen MR) is 51.5 cm³/mol. The second-order valence-electron chi connectivity index (χ2n) is 3.86. The highest BCUT2D eigenvalue weighted by atomic mass is 16.1. The minimum atomic E-state index is 0.320. The number of ketones is 1. The fourth-order valence-electron chi connectivity index (χ4n) is 1.98. The van der Waals surface area contributed by atoms with Crippen molar-refractivity contribution in [1.29, 1.82) is 0 Å². The maximum absolute atomic E-state index is 11.4. The molecule has 1 aliphatic rings. The molecule has 1 fully saturated rings. The fourth-order valence-corrected chi connectivity index (χ4v) is 1.98. The van der Waals surface area contributed by atoms with Crippen LogP contribution in [0, 0.1) is 5.92 Å². The second-order valence-corrected chi connectivity index (χ2v) is 3.86. The third-order valence-corrected chi connectivity index (χ3v) is 2.81. The van der Waals surface area contributed by atoms with Crippen LogP contribution in [0.25, 0.3) is 0 Å². The summed E-state index contributed by atoms with van der Waals surface area (Å²) in [6.07, 6.45) is 8.78. The van der Waals surface area contributed by atoms with E-state index >= 15 is 0 Å². The normalized spacial score (nSPS) is 23.1. The molecule has 0 aromatic heterocycles. The van der Waals surface area contributed by atoms with Crippen molar-refractivity contribution < 1.29 is 9.59 Å². The monoisotopic (exact) mass is 182 g/mol. The zero-order chi connectivity index (χ0) is 9.52. The zero-order valence-corrected chi connectivity index (χ0v) is 8.13. The minimum Gasteiger partial charge on any atom is -0.303 e. The summed E-state index contributed by atoms with van der Waals surface area (Å²) in [7, 11) is 0. The van der Waals surface area contributed by atoms with Crippen molar-refractivity contribution >= 4 is 12.1 Å². The maximum Gasteiger partial charge on any atom is 0.135 e. The van der Waals surface area contributed by atoms with Gasteiger partial charge in [-0.1, -0.05) is 12.8 Å². The Bertz CT molecular complexity index is 175. The van der Waals surface area contributed by atoms with E-state index in [2.05, 4.69) is 0 Å². The molecule has 1 rings (SSSR count). The summed E-state index contributed by atoms with van der Waals surface area (Å²) in [5.41, 5.74) is 0. The van der Waals surface area contributed by atoms with Gasteiger partial charge in [0, 0.05) is 18.8 Å². The van der Waals surface area contributed by atoms with Gasteiger partial charge in [-0.05, 0) is 25.7 Å². The first-order chi connectivity index (χ1) is 6.34. The Balaban J connectivity index is 2.11. The van der Waals surface area contributed by atoms with E-state index < -0.39 is 0 Å². The van der Waals surface area contributed by atoms with Gasteiger partial charge in [-0.25, -0.2) is 0 Å². The summed E-state index contributed by atoms with van der Waals surface area (Å²) < 4.78 is 0. The van der Waals surface area contributed by atoms with Crippen LogP contribution >= 0.6 is 0 Å². The third-order valence-electron chi connectivity index (χ3n) is 2.81. The van der Waals surface area contributed by atoms with E-state index in [0.29, 0.717) is 18.1 Å². The highest BCUT2D eigenvalue weighted by molar-refractivity contribution is 5.81. The Hall–Kier alpha value is -0.660. The van der Waals surface area contributed by atoms with Gasteiger partial charge >= 0.3 is 0 Å². The molecule has 0 heterocycles. The molecular weight excluding hydrogens is 164 g/mol. The van der Waals surface area contributed by atoms with Crippen molar-refractivity contribution in [2.45, 2.75) is 51.4 Å². The molecule has 0 saturated heterocycles. The largest absolute Gasteiger partial charge is 0.303 e. The van der Waals surface area contributed by atoms with Crippen LogP contribution < -0.4 is 0 Å². The summed E-state index contributed by atoms with van der Waals surface area (Å²) in [5, 5.41) is 0. The Morgan fingerprint density at radius 2 is 2.15 bits per heavy atom. The molecule has 0 N–H and O–H groups in total. The van der Waals surface area contributed by atoms with Crippen LogP contribution in [0.15, 0.2) is 0 Å². The topological polar surface area (TPSA) is 34.1 Å². The summed E-state index contributed by atoms with van der Waals surface area (Å²) in [4.78, 5) is 21.4. The maximum atomic E-state index is 11.4. The molecule has 74 valence electrons. The number of carbonyl (C=O) groups is 2. The van der Waals surface area contributed by atoms with E-state index in [1.807, 2.05) is 0 Å². The number of carbonyl (C=O) groups excluding carboxylic acids is 2. The van der Waals surface area contributed by atoms with Gasteiger partial charge in [-0.3, -0.25) is 4.79 Å². The van der Waals surface area contributed by atoms with Crippen molar-refractivity contribution in [3.8, 4) is 0 Å². The lowest BCUT2D eigenvalue weighted by Gasteiger charge is -2.19. The molecule has 0 spiro atoms. The lowest BCUT2D eigenvalue weighted by Crippen LogP contribution is -2.18. The van der Waals surface area contributed by atoms with Crippen LogP contribution in [-0.2, 0) is 9.59 Å². The summed E-state index contributed by atoms with van der Waals surface area (Å²) in [5.74, 6) is 0.776. The van der Waals surface area contributed by atoms with Gasteiger partial charge in [-0.15, -0.1) is 0 Å². The molecule has 2 nitrogen and oxygen atoms in total. The van der Waals surface area contributed by atoms with Gasteiger partial charge in [0.05, 0.1) is 0 Å². The van der Waals surface area contributed by atoms with Crippen LogP contribution in [0.4, 0.5) is 0 Å². The predicted octanol–water partition coefficient (Wildman–Crippen LogP) is 2.51. The SMILES string of the molecule is O=CCCCCC1CCCCC1=O. The van der Waals surface area contributed by atoms with Crippen molar-refractivity contribution in [1.82, 2.24) is 0 Å². The summed E-state index contributed by atoms with van der Waals surface area (Å²) >= 11 is 0. The second kappa shape index (κ2) is 5.90. The number of Topliss-reactive ketones (excluding diaryl/α,β-unsaturated/α-hetero) is 1. The number of hydrogen-bond acceptors (Lipinski definition) is 2. The van der Waals surface area contributed by atoms with E-state index in [4.69, 9.17) is 0 Å². The van der Waals surface area contributed by atoms with Crippen molar-refractivity contribution in [2.24, 2.45) is 5.92 Å². The first kappa shape index (κ1) is 10.4. The molecule has 1 unspecified atom stereocenters. The highest BCUT2D eigenvalue weighted by Crippen LogP contribution is 2.24. The molecule has 0 aliphatic heterocycles.